The zero-order valence-corrected chi connectivity index (χ0v) is 12.8. The molecule has 1 aliphatic heterocycles. The van der Waals surface area contributed by atoms with Crippen LogP contribution in [0.4, 0.5) is 5.82 Å². The number of nitrogens with two attached hydrogens (primary N) is 1. The van der Waals surface area contributed by atoms with Gasteiger partial charge in [-0.2, -0.15) is 0 Å². The average Bonchev–Trinajstić information content (AvgIpc) is 3.04. The molecule has 1 aromatic heterocycles. The summed E-state index contributed by atoms with van der Waals surface area (Å²) in [5.74, 6) is 0.611. The second-order valence-corrected chi connectivity index (χ2v) is 5.97. The molecule has 2 heterocycles. The summed E-state index contributed by atoms with van der Waals surface area (Å²) in [7, 11) is 0. The highest BCUT2D eigenvalue weighted by molar-refractivity contribution is 5.66. The Kier molecular flexibility index (Phi) is 3.93. The van der Waals surface area contributed by atoms with Crippen LogP contribution in [-0.2, 0) is 0 Å². The summed E-state index contributed by atoms with van der Waals surface area (Å²) < 4.78 is 0. The SMILES string of the molecule is Cc1cc(-c2cccc([C@@H](C)N3CCCC3)c2)cnc1N. The van der Waals surface area contributed by atoms with Gasteiger partial charge in [0.25, 0.3) is 0 Å². The molecule has 0 aliphatic carbocycles. The molecule has 0 saturated carbocycles. The number of rotatable bonds is 3. The predicted octanol–water partition coefficient (Wildman–Crippen LogP) is 3.80. The van der Waals surface area contributed by atoms with E-state index in [2.05, 4.69) is 47.1 Å². The van der Waals surface area contributed by atoms with E-state index in [9.17, 15) is 0 Å². The standard InChI is InChI=1S/C18H23N3/c1-13-10-17(12-20-18(13)19)16-7-5-6-15(11-16)14(2)21-8-3-4-9-21/h5-7,10-12,14H,3-4,8-9H2,1-2H3,(H2,19,20)/t14-/m1/s1. The molecule has 2 aromatic rings. The Bertz CT molecular complexity index is 630. The quantitative estimate of drug-likeness (QED) is 0.930. The highest BCUT2D eigenvalue weighted by atomic mass is 15.2. The fourth-order valence-corrected chi connectivity index (χ4v) is 3.06. The lowest BCUT2D eigenvalue weighted by atomic mass is 10.00. The van der Waals surface area contributed by atoms with Crippen molar-refractivity contribution in [2.45, 2.75) is 32.7 Å². The topological polar surface area (TPSA) is 42.2 Å². The highest BCUT2D eigenvalue weighted by Crippen LogP contribution is 2.28. The minimum atomic E-state index is 0.482. The van der Waals surface area contributed by atoms with Gasteiger partial charge in [-0.3, -0.25) is 4.90 Å². The van der Waals surface area contributed by atoms with Crippen molar-refractivity contribution in [3.63, 3.8) is 0 Å². The molecule has 0 spiro atoms. The molecule has 1 saturated heterocycles. The van der Waals surface area contributed by atoms with E-state index in [1.54, 1.807) is 0 Å². The van der Waals surface area contributed by atoms with E-state index in [1.165, 1.54) is 37.1 Å². The number of likely N-dealkylation sites (tertiary alicyclic amines) is 1. The highest BCUT2D eigenvalue weighted by Gasteiger charge is 2.19. The van der Waals surface area contributed by atoms with Crippen molar-refractivity contribution in [2.24, 2.45) is 0 Å². The zero-order valence-electron chi connectivity index (χ0n) is 12.8. The fourth-order valence-electron chi connectivity index (χ4n) is 3.06. The zero-order chi connectivity index (χ0) is 14.8. The number of anilines is 1. The summed E-state index contributed by atoms with van der Waals surface area (Å²) in [5.41, 5.74) is 10.6. The Morgan fingerprint density at radius 1 is 1.14 bits per heavy atom. The van der Waals surface area contributed by atoms with Crippen molar-refractivity contribution < 1.29 is 0 Å². The van der Waals surface area contributed by atoms with E-state index >= 15 is 0 Å². The van der Waals surface area contributed by atoms with E-state index in [1.807, 2.05) is 13.1 Å². The van der Waals surface area contributed by atoms with Crippen molar-refractivity contribution in [1.82, 2.24) is 9.88 Å². The summed E-state index contributed by atoms with van der Waals surface area (Å²) in [6.45, 7) is 6.74. The van der Waals surface area contributed by atoms with Gasteiger partial charge in [0, 0.05) is 17.8 Å². The third kappa shape index (κ3) is 2.93. The summed E-state index contributed by atoms with van der Waals surface area (Å²) in [6, 6.07) is 11.4. The molecule has 110 valence electrons. The first-order chi connectivity index (χ1) is 10.1. The minimum Gasteiger partial charge on any atom is -0.383 e. The Hall–Kier alpha value is -1.87. The molecular weight excluding hydrogens is 258 g/mol. The van der Waals surface area contributed by atoms with Crippen LogP contribution in [0.25, 0.3) is 11.1 Å². The second kappa shape index (κ2) is 5.86. The number of hydrogen-bond acceptors (Lipinski definition) is 3. The van der Waals surface area contributed by atoms with Gasteiger partial charge in [-0.15, -0.1) is 0 Å². The van der Waals surface area contributed by atoms with Gasteiger partial charge in [0.2, 0.25) is 0 Å². The van der Waals surface area contributed by atoms with Gasteiger partial charge in [-0.05, 0) is 68.6 Å². The second-order valence-electron chi connectivity index (χ2n) is 5.97. The molecule has 1 aromatic carbocycles. The van der Waals surface area contributed by atoms with Crippen LogP contribution in [0.5, 0.6) is 0 Å². The van der Waals surface area contributed by atoms with Gasteiger partial charge >= 0.3 is 0 Å². The molecule has 1 aliphatic rings. The molecule has 2 N–H and O–H groups in total. The Balaban J connectivity index is 1.90. The van der Waals surface area contributed by atoms with Crippen LogP contribution >= 0.6 is 0 Å². The van der Waals surface area contributed by atoms with Crippen LogP contribution in [0.3, 0.4) is 0 Å². The van der Waals surface area contributed by atoms with Gasteiger partial charge < -0.3 is 5.73 Å². The molecule has 3 nitrogen and oxygen atoms in total. The van der Waals surface area contributed by atoms with E-state index in [-0.39, 0.29) is 0 Å². The maximum atomic E-state index is 5.81. The lowest BCUT2D eigenvalue weighted by Crippen LogP contribution is -2.23. The van der Waals surface area contributed by atoms with Crippen LogP contribution < -0.4 is 5.73 Å². The number of nitrogen functional groups attached to an aromatic ring is 1. The summed E-state index contributed by atoms with van der Waals surface area (Å²) in [4.78, 5) is 6.84. The smallest absolute Gasteiger partial charge is 0.126 e. The first-order valence-corrected chi connectivity index (χ1v) is 7.71. The third-order valence-corrected chi connectivity index (χ3v) is 4.51. The summed E-state index contributed by atoms with van der Waals surface area (Å²) in [5, 5.41) is 0. The molecule has 21 heavy (non-hydrogen) atoms. The van der Waals surface area contributed by atoms with Gasteiger partial charge in [0.1, 0.15) is 5.82 Å². The Morgan fingerprint density at radius 2 is 1.90 bits per heavy atom. The van der Waals surface area contributed by atoms with Crippen molar-refractivity contribution in [3.8, 4) is 11.1 Å². The first-order valence-electron chi connectivity index (χ1n) is 7.71. The Labute approximate surface area is 126 Å². The molecule has 3 heteroatoms. The number of nitrogens with zero attached hydrogens (tertiary/aromatic N) is 2. The van der Waals surface area contributed by atoms with Gasteiger partial charge in [0.15, 0.2) is 0 Å². The predicted molar refractivity (Wildman–Crippen MR) is 88.0 cm³/mol. The first kappa shape index (κ1) is 14.1. The van der Waals surface area contributed by atoms with Crippen LogP contribution in [-0.4, -0.2) is 23.0 Å². The number of pyridine rings is 1. The summed E-state index contributed by atoms with van der Waals surface area (Å²) in [6.07, 6.45) is 4.51. The molecule has 1 fully saturated rings. The van der Waals surface area contributed by atoms with Crippen molar-refractivity contribution >= 4 is 5.82 Å². The lowest BCUT2D eigenvalue weighted by molar-refractivity contribution is 0.263. The van der Waals surface area contributed by atoms with Gasteiger partial charge in [0.05, 0.1) is 0 Å². The maximum Gasteiger partial charge on any atom is 0.126 e. The van der Waals surface area contributed by atoms with Gasteiger partial charge in [-0.1, -0.05) is 18.2 Å². The number of hydrogen-bond donors (Lipinski definition) is 1. The van der Waals surface area contributed by atoms with E-state index in [0.717, 1.165) is 11.1 Å². The summed E-state index contributed by atoms with van der Waals surface area (Å²) >= 11 is 0. The number of aryl methyl sites for hydroxylation is 1. The largest absolute Gasteiger partial charge is 0.383 e. The van der Waals surface area contributed by atoms with E-state index < -0.39 is 0 Å². The average molecular weight is 281 g/mol. The maximum absolute atomic E-state index is 5.81. The van der Waals surface area contributed by atoms with Crippen LogP contribution in [0, 0.1) is 6.92 Å². The minimum absolute atomic E-state index is 0.482. The number of aromatic nitrogens is 1. The Morgan fingerprint density at radius 3 is 2.62 bits per heavy atom. The van der Waals surface area contributed by atoms with Crippen LogP contribution in [0.15, 0.2) is 36.5 Å². The monoisotopic (exact) mass is 281 g/mol. The third-order valence-electron chi connectivity index (χ3n) is 4.51. The van der Waals surface area contributed by atoms with Crippen LogP contribution in [0.1, 0.15) is 36.9 Å². The molecule has 1 atom stereocenters. The number of benzene rings is 1. The van der Waals surface area contributed by atoms with Crippen molar-refractivity contribution in [1.29, 1.82) is 0 Å². The van der Waals surface area contributed by atoms with E-state index in [4.69, 9.17) is 5.73 Å². The van der Waals surface area contributed by atoms with Gasteiger partial charge in [-0.25, -0.2) is 4.98 Å². The van der Waals surface area contributed by atoms with Crippen molar-refractivity contribution in [3.05, 3.63) is 47.7 Å². The lowest BCUT2D eigenvalue weighted by Gasteiger charge is -2.24. The molecule has 0 bridgehead atoms. The normalized spacial score (nSPS) is 17.0. The molecular formula is C18H23N3. The van der Waals surface area contributed by atoms with Crippen molar-refractivity contribution in [2.75, 3.05) is 18.8 Å². The molecule has 0 amide bonds. The van der Waals surface area contributed by atoms with Crippen LogP contribution in [0.2, 0.25) is 0 Å². The molecule has 0 radical (unpaired) electrons. The fraction of sp³-hybridized carbons (Fsp3) is 0.389. The molecule has 0 unspecified atom stereocenters. The molecule has 3 rings (SSSR count). The van der Waals surface area contributed by atoms with E-state index in [0.29, 0.717) is 11.9 Å².